The number of halogens is 1. The average molecular weight is 255 g/mol. The maximum Gasteiger partial charge on any atom is 0.234 e. The summed E-state index contributed by atoms with van der Waals surface area (Å²) in [5.41, 5.74) is 0.161. The highest BCUT2D eigenvalue weighted by Crippen LogP contribution is 2.15. The van der Waals surface area contributed by atoms with Crippen LogP contribution in [0.4, 0.5) is 10.1 Å². The molecule has 1 atom stereocenters. The largest absolute Gasteiger partial charge is 0.323 e. The summed E-state index contributed by atoms with van der Waals surface area (Å²) in [7, 11) is 0. The van der Waals surface area contributed by atoms with Gasteiger partial charge >= 0.3 is 0 Å². The lowest BCUT2D eigenvalue weighted by Gasteiger charge is -2.08. The number of nitrogens with one attached hydrogen (secondary N) is 1. The van der Waals surface area contributed by atoms with Crippen LogP contribution in [-0.2, 0) is 9.59 Å². The molecule has 1 unspecified atom stereocenters. The fourth-order valence-corrected chi connectivity index (χ4v) is 1.78. The molecule has 17 heavy (non-hydrogen) atoms. The van der Waals surface area contributed by atoms with Gasteiger partial charge in [-0.15, -0.1) is 11.8 Å². The monoisotopic (exact) mass is 255 g/mol. The van der Waals surface area contributed by atoms with Gasteiger partial charge in [0.25, 0.3) is 0 Å². The molecule has 1 N–H and O–H groups in total. The molecule has 1 aromatic rings. The van der Waals surface area contributed by atoms with Gasteiger partial charge in [-0.2, -0.15) is 0 Å². The minimum Gasteiger partial charge on any atom is -0.323 e. The molecule has 1 amide bonds. The maximum atomic E-state index is 13.2. The van der Waals surface area contributed by atoms with Crippen molar-refractivity contribution in [2.45, 2.75) is 19.1 Å². The SMILES string of the molecule is CC(=O)C(C)SCC(=O)Nc1ccccc1F. The van der Waals surface area contributed by atoms with E-state index in [4.69, 9.17) is 0 Å². The molecule has 0 fully saturated rings. The molecule has 0 bridgehead atoms. The van der Waals surface area contributed by atoms with Crippen LogP contribution in [0.5, 0.6) is 0 Å². The van der Waals surface area contributed by atoms with Crippen LogP contribution in [-0.4, -0.2) is 22.7 Å². The van der Waals surface area contributed by atoms with Gasteiger partial charge in [0.2, 0.25) is 5.91 Å². The van der Waals surface area contributed by atoms with Crippen LogP contribution in [0.1, 0.15) is 13.8 Å². The van der Waals surface area contributed by atoms with Crippen LogP contribution >= 0.6 is 11.8 Å². The molecule has 1 rings (SSSR count). The van der Waals surface area contributed by atoms with E-state index in [0.717, 1.165) is 0 Å². The second-order valence-electron chi connectivity index (χ2n) is 3.59. The quantitative estimate of drug-likeness (QED) is 0.879. The highest BCUT2D eigenvalue weighted by atomic mass is 32.2. The zero-order chi connectivity index (χ0) is 12.8. The second-order valence-corrected chi connectivity index (χ2v) is 4.92. The standard InChI is InChI=1S/C12H14FNO2S/c1-8(15)9(2)17-7-12(16)14-11-6-4-3-5-10(11)13/h3-6,9H,7H2,1-2H3,(H,14,16). The van der Waals surface area contributed by atoms with Crippen molar-refractivity contribution >= 4 is 29.1 Å². The molecule has 0 aliphatic carbocycles. The molecular formula is C12H14FNO2S. The number of Topliss-reactive ketones (excluding diaryl/α,β-unsaturated/α-hetero) is 1. The van der Waals surface area contributed by atoms with Crippen LogP contribution in [0.15, 0.2) is 24.3 Å². The van der Waals surface area contributed by atoms with Gasteiger partial charge in [-0.1, -0.05) is 12.1 Å². The van der Waals surface area contributed by atoms with Crippen molar-refractivity contribution in [3.8, 4) is 0 Å². The summed E-state index contributed by atoms with van der Waals surface area (Å²) < 4.78 is 13.2. The number of hydrogen-bond donors (Lipinski definition) is 1. The molecular weight excluding hydrogens is 241 g/mol. The molecule has 0 aliphatic heterocycles. The smallest absolute Gasteiger partial charge is 0.234 e. The number of para-hydroxylation sites is 1. The molecule has 92 valence electrons. The Morgan fingerprint density at radius 3 is 2.65 bits per heavy atom. The first-order valence-electron chi connectivity index (χ1n) is 5.17. The summed E-state index contributed by atoms with van der Waals surface area (Å²) in [4.78, 5) is 22.4. The second kappa shape index (κ2) is 6.39. The van der Waals surface area contributed by atoms with Crippen molar-refractivity contribution in [3.63, 3.8) is 0 Å². The van der Waals surface area contributed by atoms with Gasteiger partial charge in [-0.25, -0.2) is 4.39 Å². The summed E-state index contributed by atoms with van der Waals surface area (Å²) in [5, 5.41) is 2.24. The van der Waals surface area contributed by atoms with Gasteiger partial charge < -0.3 is 5.32 Å². The van der Waals surface area contributed by atoms with Crippen LogP contribution in [0.3, 0.4) is 0 Å². The maximum absolute atomic E-state index is 13.2. The Kier molecular flexibility index (Phi) is 5.15. The minimum absolute atomic E-state index is 0.0219. The van der Waals surface area contributed by atoms with Crippen LogP contribution in [0.2, 0.25) is 0 Å². The summed E-state index contributed by atoms with van der Waals surface area (Å²) >= 11 is 1.23. The van der Waals surface area contributed by atoms with Crippen LogP contribution < -0.4 is 5.32 Å². The third-order valence-electron chi connectivity index (χ3n) is 2.18. The highest BCUT2D eigenvalue weighted by molar-refractivity contribution is 8.01. The Morgan fingerprint density at radius 1 is 1.41 bits per heavy atom. The average Bonchev–Trinajstić information content (AvgIpc) is 2.29. The van der Waals surface area contributed by atoms with Crippen molar-refractivity contribution in [3.05, 3.63) is 30.1 Å². The zero-order valence-corrected chi connectivity index (χ0v) is 10.5. The Hall–Kier alpha value is -1.36. The van der Waals surface area contributed by atoms with E-state index in [1.54, 1.807) is 19.1 Å². The molecule has 0 radical (unpaired) electrons. The summed E-state index contributed by atoms with van der Waals surface area (Å²) in [6.07, 6.45) is 0. The Morgan fingerprint density at radius 2 is 2.06 bits per heavy atom. The molecule has 0 saturated heterocycles. The van der Waals surface area contributed by atoms with E-state index in [9.17, 15) is 14.0 Å². The van der Waals surface area contributed by atoms with E-state index in [1.165, 1.54) is 30.8 Å². The third kappa shape index (κ3) is 4.56. The zero-order valence-electron chi connectivity index (χ0n) is 9.70. The van der Waals surface area contributed by atoms with Crippen LogP contribution in [0.25, 0.3) is 0 Å². The molecule has 0 aliphatic rings. The van der Waals surface area contributed by atoms with Crippen molar-refractivity contribution in [2.75, 3.05) is 11.1 Å². The van der Waals surface area contributed by atoms with E-state index in [0.29, 0.717) is 0 Å². The lowest BCUT2D eigenvalue weighted by atomic mass is 10.3. The number of hydrogen-bond acceptors (Lipinski definition) is 3. The molecule has 3 nitrogen and oxygen atoms in total. The topological polar surface area (TPSA) is 46.2 Å². The molecule has 5 heteroatoms. The first-order chi connectivity index (χ1) is 8.00. The van der Waals surface area contributed by atoms with Gasteiger partial charge in [0.1, 0.15) is 11.6 Å². The lowest BCUT2D eigenvalue weighted by molar-refractivity contribution is -0.116. The van der Waals surface area contributed by atoms with Crippen molar-refractivity contribution in [1.82, 2.24) is 0 Å². The van der Waals surface area contributed by atoms with Crippen molar-refractivity contribution in [1.29, 1.82) is 0 Å². The predicted molar refractivity (Wildman–Crippen MR) is 67.6 cm³/mol. The fraction of sp³-hybridized carbons (Fsp3) is 0.333. The Balaban J connectivity index is 2.46. The van der Waals surface area contributed by atoms with Crippen molar-refractivity contribution in [2.24, 2.45) is 0 Å². The number of carbonyl (C=O) groups is 2. The molecule has 0 spiro atoms. The number of amides is 1. The molecule has 0 aromatic heterocycles. The van der Waals surface area contributed by atoms with E-state index in [-0.39, 0.29) is 28.4 Å². The number of thioether (sulfide) groups is 1. The number of carbonyl (C=O) groups excluding carboxylic acids is 2. The number of anilines is 1. The van der Waals surface area contributed by atoms with Gasteiger partial charge in [-0.05, 0) is 26.0 Å². The highest BCUT2D eigenvalue weighted by Gasteiger charge is 2.11. The van der Waals surface area contributed by atoms with E-state index in [1.807, 2.05) is 0 Å². The Labute approximate surface area is 104 Å². The summed E-state index contributed by atoms with van der Waals surface area (Å²) in [6.45, 7) is 3.22. The fourth-order valence-electron chi connectivity index (χ4n) is 1.07. The molecule has 1 aromatic carbocycles. The van der Waals surface area contributed by atoms with Crippen LogP contribution in [0, 0.1) is 5.82 Å². The van der Waals surface area contributed by atoms with Gasteiger partial charge in [0, 0.05) is 0 Å². The number of ketones is 1. The van der Waals surface area contributed by atoms with Gasteiger partial charge in [-0.3, -0.25) is 9.59 Å². The summed E-state index contributed by atoms with van der Waals surface area (Å²) in [5.74, 6) is -0.623. The lowest BCUT2D eigenvalue weighted by Crippen LogP contribution is -2.18. The first kappa shape index (κ1) is 13.7. The minimum atomic E-state index is -0.467. The number of benzene rings is 1. The first-order valence-corrected chi connectivity index (χ1v) is 6.22. The van der Waals surface area contributed by atoms with Crippen molar-refractivity contribution < 1.29 is 14.0 Å². The predicted octanol–water partition coefficient (Wildman–Crippen LogP) is 2.47. The normalized spacial score (nSPS) is 11.9. The molecule has 0 heterocycles. The number of rotatable bonds is 5. The molecule has 0 saturated carbocycles. The van der Waals surface area contributed by atoms with E-state index >= 15 is 0 Å². The Bertz CT molecular complexity index is 423. The van der Waals surface area contributed by atoms with Gasteiger partial charge in [0.05, 0.1) is 16.7 Å². The summed E-state index contributed by atoms with van der Waals surface area (Å²) in [6, 6.07) is 5.97. The van der Waals surface area contributed by atoms with E-state index in [2.05, 4.69) is 5.32 Å². The van der Waals surface area contributed by atoms with Gasteiger partial charge in [0.15, 0.2) is 0 Å². The third-order valence-corrected chi connectivity index (χ3v) is 3.45. The van der Waals surface area contributed by atoms with E-state index < -0.39 is 5.82 Å².